The number of rotatable bonds is 5. The zero-order chi connectivity index (χ0) is 12.0. The largest absolute Gasteiger partial charge is 0.480 e. The maximum Gasteiger partial charge on any atom is 0.326 e. The first kappa shape index (κ1) is 12.8. The molecule has 6 nitrogen and oxygen atoms in total. The van der Waals surface area contributed by atoms with Gasteiger partial charge in [0, 0.05) is 19.1 Å². The van der Waals surface area contributed by atoms with E-state index in [9.17, 15) is 9.59 Å². The molecule has 0 radical (unpaired) electrons. The lowest BCUT2D eigenvalue weighted by atomic mass is 10.2. The number of carbonyl (C=O) groups is 2. The second kappa shape index (κ2) is 6.32. The predicted octanol–water partition coefficient (Wildman–Crippen LogP) is 0.0638. The third kappa shape index (κ3) is 4.06. The van der Waals surface area contributed by atoms with Crippen molar-refractivity contribution in [3.8, 4) is 0 Å². The highest BCUT2D eigenvalue weighted by Crippen LogP contribution is 2.17. The van der Waals surface area contributed by atoms with Gasteiger partial charge in [0.1, 0.15) is 6.04 Å². The number of aliphatic hydroxyl groups is 1. The van der Waals surface area contributed by atoms with E-state index in [1.807, 2.05) is 0 Å². The van der Waals surface area contributed by atoms with Crippen molar-refractivity contribution in [2.75, 3.05) is 6.61 Å². The van der Waals surface area contributed by atoms with Gasteiger partial charge in [0.05, 0.1) is 0 Å². The molecule has 0 heterocycles. The molecule has 1 rings (SSSR count). The fourth-order valence-corrected chi connectivity index (χ4v) is 1.84. The third-order valence-corrected chi connectivity index (χ3v) is 2.71. The predicted molar refractivity (Wildman–Crippen MR) is 57.1 cm³/mol. The van der Waals surface area contributed by atoms with Crippen molar-refractivity contribution in [2.24, 2.45) is 0 Å². The lowest BCUT2D eigenvalue weighted by Crippen LogP contribution is -2.48. The summed E-state index contributed by atoms with van der Waals surface area (Å²) in [6.07, 6.45) is 4.12. The van der Waals surface area contributed by atoms with E-state index in [2.05, 4.69) is 10.6 Å². The molecule has 4 N–H and O–H groups in total. The van der Waals surface area contributed by atoms with Crippen LogP contribution in [0, 0.1) is 0 Å². The van der Waals surface area contributed by atoms with Crippen LogP contribution in [0.2, 0.25) is 0 Å². The van der Waals surface area contributed by atoms with Gasteiger partial charge < -0.3 is 20.8 Å². The van der Waals surface area contributed by atoms with E-state index < -0.39 is 18.0 Å². The zero-order valence-electron chi connectivity index (χ0n) is 9.11. The smallest absolute Gasteiger partial charge is 0.326 e. The topological polar surface area (TPSA) is 98.7 Å². The van der Waals surface area contributed by atoms with Gasteiger partial charge in [-0.05, 0) is 12.8 Å². The molecule has 2 amide bonds. The minimum Gasteiger partial charge on any atom is -0.480 e. The molecule has 92 valence electrons. The highest BCUT2D eigenvalue weighted by molar-refractivity contribution is 5.82. The number of aliphatic carboxylic acids is 1. The number of carbonyl (C=O) groups excluding carboxylic acids is 1. The second-order valence-electron chi connectivity index (χ2n) is 4.00. The van der Waals surface area contributed by atoms with Crippen LogP contribution in [0.3, 0.4) is 0 Å². The summed E-state index contributed by atoms with van der Waals surface area (Å²) in [7, 11) is 0. The summed E-state index contributed by atoms with van der Waals surface area (Å²) < 4.78 is 0. The van der Waals surface area contributed by atoms with Crippen LogP contribution >= 0.6 is 0 Å². The molecule has 1 unspecified atom stereocenters. The van der Waals surface area contributed by atoms with E-state index in [0.717, 1.165) is 25.7 Å². The molecular formula is C10H18N2O4. The van der Waals surface area contributed by atoms with Crippen molar-refractivity contribution in [3.05, 3.63) is 0 Å². The number of aliphatic hydroxyl groups excluding tert-OH is 1. The number of hydrogen-bond acceptors (Lipinski definition) is 3. The van der Waals surface area contributed by atoms with E-state index in [4.69, 9.17) is 10.2 Å². The fourth-order valence-electron chi connectivity index (χ4n) is 1.84. The van der Waals surface area contributed by atoms with Crippen LogP contribution in [-0.4, -0.2) is 40.9 Å². The molecule has 1 atom stereocenters. The lowest BCUT2D eigenvalue weighted by Gasteiger charge is -2.17. The molecule has 1 aliphatic rings. The minimum atomic E-state index is -1.13. The first-order valence-electron chi connectivity index (χ1n) is 5.54. The zero-order valence-corrected chi connectivity index (χ0v) is 9.11. The number of carboxylic acids is 1. The van der Waals surface area contributed by atoms with Crippen molar-refractivity contribution in [3.63, 3.8) is 0 Å². The van der Waals surface area contributed by atoms with Gasteiger partial charge in [-0.1, -0.05) is 12.8 Å². The Morgan fingerprint density at radius 2 is 1.94 bits per heavy atom. The van der Waals surface area contributed by atoms with Crippen LogP contribution in [-0.2, 0) is 4.79 Å². The van der Waals surface area contributed by atoms with Gasteiger partial charge in [0.15, 0.2) is 0 Å². The van der Waals surface area contributed by atoms with E-state index >= 15 is 0 Å². The normalized spacial score (nSPS) is 18.1. The molecule has 0 saturated heterocycles. The molecule has 1 aliphatic carbocycles. The molecule has 1 fully saturated rings. The molecular weight excluding hydrogens is 212 g/mol. The van der Waals surface area contributed by atoms with Crippen LogP contribution < -0.4 is 10.6 Å². The van der Waals surface area contributed by atoms with Gasteiger partial charge >= 0.3 is 12.0 Å². The Morgan fingerprint density at radius 1 is 1.31 bits per heavy atom. The van der Waals surface area contributed by atoms with Gasteiger partial charge in [0.25, 0.3) is 0 Å². The lowest BCUT2D eigenvalue weighted by molar-refractivity contribution is -0.139. The van der Waals surface area contributed by atoms with E-state index in [0.29, 0.717) is 0 Å². The van der Waals surface area contributed by atoms with Crippen LogP contribution in [0.5, 0.6) is 0 Å². The molecule has 0 aromatic rings. The van der Waals surface area contributed by atoms with Crippen LogP contribution in [0.15, 0.2) is 0 Å². The second-order valence-corrected chi connectivity index (χ2v) is 4.00. The molecule has 0 bridgehead atoms. The Labute approximate surface area is 94.0 Å². The number of hydrogen-bond donors (Lipinski definition) is 4. The van der Waals surface area contributed by atoms with Crippen LogP contribution in [0.1, 0.15) is 32.1 Å². The van der Waals surface area contributed by atoms with E-state index in [1.54, 1.807) is 0 Å². The average Bonchev–Trinajstić information content (AvgIpc) is 2.69. The molecule has 0 aromatic heterocycles. The Bertz CT molecular complexity index is 251. The summed E-state index contributed by atoms with van der Waals surface area (Å²) in [6, 6.07) is -1.33. The van der Waals surface area contributed by atoms with E-state index in [-0.39, 0.29) is 19.1 Å². The summed E-state index contributed by atoms with van der Waals surface area (Å²) in [5.74, 6) is -1.13. The Hall–Kier alpha value is -1.30. The Balaban J connectivity index is 2.32. The van der Waals surface area contributed by atoms with Crippen molar-refractivity contribution < 1.29 is 19.8 Å². The molecule has 0 spiro atoms. The SMILES string of the molecule is O=C(NC1CCCC1)NC(CCO)C(=O)O. The van der Waals surface area contributed by atoms with Crippen LogP contribution in [0.25, 0.3) is 0 Å². The number of urea groups is 1. The van der Waals surface area contributed by atoms with Crippen molar-refractivity contribution in [1.82, 2.24) is 10.6 Å². The van der Waals surface area contributed by atoms with Crippen molar-refractivity contribution in [1.29, 1.82) is 0 Å². The molecule has 6 heteroatoms. The quantitative estimate of drug-likeness (QED) is 0.537. The number of amides is 2. The number of carboxylic acid groups (broad SMARTS) is 1. The standard InChI is InChI=1S/C10H18N2O4/c13-6-5-8(9(14)15)12-10(16)11-7-3-1-2-4-7/h7-8,13H,1-6H2,(H,14,15)(H2,11,12,16). The highest BCUT2D eigenvalue weighted by atomic mass is 16.4. The summed E-state index contributed by atoms with van der Waals surface area (Å²) in [5, 5.41) is 22.5. The Morgan fingerprint density at radius 3 is 2.44 bits per heavy atom. The minimum absolute atomic E-state index is 0.0213. The summed E-state index contributed by atoms with van der Waals surface area (Å²) in [4.78, 5) is 22.1. The van der Waals surface area contributed by atoms with Gasteiger partial charge in [0.2, 0.25) is 0 Å². The molecule has 16 heavy (non-hydrogen) atoms. The fraction of sp³-hybridized carbons (Fsp3) is 0.800. The van der Waals surface area contributed by atoms with Gasteiger partial charge in [-0.2, -0.15) is 0 Å². The summed E-state index contributed by atoms with van der Waals surface area (Å²) in [5.41, 5.74) is 0. The first-order chi connectivity index (χ1) is 7.63. The maximum atomic E-state index is 11.4. The van der Waals surface area contributed by atoms with Crippen LogP contribution in [0.4, 0.5) is 4.79 Å². The highest BCUT2D eigenvalue weighted by Gasteiger charge is 2.22. The molecule has 0 aliphatic heterocycles. The maximum absolute atomic E-state index is 11.4. The van der Waals surface area contributed by atoms with Crippen molar-refractivity contribution in [2.45, 2.75) is 44.2 Å². The average molecular weight is 230 g/mol. The Kier molecular flexibility index (Phi) is 5.04. The van der Waals surface area contributed by atoms with Gasteiger partial charge in [-0.25, -0.2) is 9.59 Å². The van der Waals surface area contributed by atoms with Crippen molar-refractivity contribution >= 4 is 12.0 Å². The molecule has 1 saturated carbocycles. The summed E-state index contributed by atoms with van der Waals surface area (Å²) >= 11 is 0. The summed E-state index contributed by atoms with van der Waals surface area (Å²) in [6.45, 7) is -0.263. The van der Waals surface area contributed by atoms with Gasteiger partial charge in [-0.15, -0.1) is 0 Å². The monoisotopic (exact) mass is 230 g/mol. The molecule has 0 aromatic carbocycles. The first-order valence-corrected chi connectivity index (χ1v) is 5.54. The van der Waals surface area contributed by atoms with E-state index in [1.165, 1.54) is 0 Å². The third-order valence-electron chi connectivity index (χ3n) is 2.71. The van der Waals surface area contributed by atoms with Gasteiger partial charge in [-0.3, -0.25) is 0 Å². The number of nitrogens with one attached hydrogen (secondary N) is 2.